The van der Waals surface area contributed by atoms with Gasteiger partial charge in [-0.05, 0) is 36.4 Å². The molecule has 0 N–H and O–H groups in total. The van der Waals surface area contributed by atoms with Crippen molar-refractivity contribution in [2.75, 3.05) is 25.7 Å². The minimum Gasteiger partial charge on any atom is -0.493 e. The lowest BCUT2D eigenvalue weighted by Crippen LogP contribution is -2.31. The molecule has 0 aliphatic rings. The van der Waals surface area contributed by atoms with Crippen LogP contribution in [0.3, 0.4) is 0 Å². The zero-order valence-electron chi connectivity index (χ0n) is 16.2. The van der Waals surface area contributed by atoms with Gasteiger partial charge in [-0.25, -0.2) is 0 Å². The summed E-state index contributed by atoms with van der Waals surface area (Å²) in [5.41, 5.74) is 1.83. The van der Waals surface area contributed by atoms with Crippen molar-refractivity contribution in [3.8, 4) is 17.2 Å². The van der Waals surface area contributed by atoms with Crippen LogP contribution >= 0.6 is 0 Å². The van der Waals surface area contributed by atoms with E-state index in [4.69, 9.17) is 14.2 Å². The maximum absolute atomic E-state index is 13.1. The number of ether oxygens (including phenoxy) is 3. The standard InChI is InChI=1S/C23H21NO5/c1-27-20-13-17(15-25)14-21(28-2)23(20)29-16-22(26)24(18-9-5-3-6-10-18)19-11-7-4-8-12-19/h3-15H,16H2,1-2H3. The molecule has 0 bridgehead atoms. The summed E-state index contributed by atoms with van der Waals surface area (Å²) in [5.74, 6) is 0.608. The van der Waals surface area contributed by atoms with Crippen molar-refractivity contribution in [3.63, 3.8) is 0 Å². The molecule has 0 aliphatic heterocycles. The molecule has 0 radical (unpaired) electrons. The van der Waals surface area contributed by atoms with E-state index in [2.05, 4.69) is 0 Å². The summed E-state index contributed by atoms with van der Waals surface area (Å²) in [6.45, 7) is -0.253. The van der Waals surface area contributed by atoms with Gasteiger partial charge >= 0.3 is 0 Å². The molecule has 0 atom stereocenters. The number of carbonyl (C=O) groups is 2. The summed E-state index contributed by atoms with van der Waals surface area (Å²) in [6.07, 6.45) is 0.687. The minimum absolute atomic E-state index is 0.253. The highest BCUT2D eigenvalue weighted by Gasteiger charge is 2.21. The second kappa shape index (κ2) is 9.41. The van der Waals surface area contributed by atoms with E-state index in [1.54, 1.807) is 4.90 Å². The van der Waals surface area contributed by atoms with Crippen LogP contribution in [0.25, 0.3) is 0 Å². The Balaban J connectivity index is 1.89. The summed E-state index contributed by atoms with van der Waals surface area (Å²) in [6, 6.07) is 21.7. The molecule has 0 aromatic heterocycles. The fourth-order valence-corrected chi connectivity index (χ4v) is 2.90. The topological polar surface area (TPSA) is 65.1 Å². The number of para-hydroxylation sites is 2. The maximum Gasteiger partial charge on any atom is 0.269 e. The van der Waals surface area contributed by atoms with Gasteiger partial charge in [0.25, 0.3) is 5.91 Å². The molecule has 1 amide bonds. The van der Waals surface area contributed by atoms with Crippen LogP contribution in [-0.4, -0.2) is 33.0 Å². The molecule has 0 saturated carbocycles. The van der Waals surface area contributed by atoms with Gasteiger partial charge in [-0.3, -0.25) is 14.5 Å². The van der Waals surface area contributed by atoms with E-state index in [0.29, 0.717) is 23.3 Å². The first-order valence-electron chi connectivity index (χ1n) is 8.95. The zero-order valence-corrected chi connectivity index (χ0v) is 16.2. The van der Waals surface area contributed by atoms with Gasteiger partial charge in [-0.2, -0.15) is 0 Å². The van der Waals surface area contributed by atoms with Gasteiger partial charge in [0.1, 0.15) is 6.29 Å². The SMILES string of the molecule is COc1cc(C=O)cc(OC)c1OCC(=O)N(c1ccccc1)c1ccccc1. The van der Waals surface area contributed by atoms with Crippen molar-refractivity contribution in [2.24, 2.45) is 0 Å². The summed E-state index contributed by atoms with van der Waals surface area (Å²) < 4.78 is 16.4. The van der Waals surface area contributed by atoms with E-state index in [1.807, 2.05) is 60.7 Å². The van der Waals surface area contributed by atoms with Gasteiger partial charge in [-0.15, -0.1) is 0 Å². The number of nitrogens with zero attached hydrogens (tertiary/aromatic N) is 1. The van der Waals surface area contributed by atoms with Crippen molar-refractivity contribution in [1.82, 2.24) is 0 Å². The summed E-state index contributed by atoms with van der Waals surface area (Å²) in [5, 5.41) is 0. The molecule has 29 heavy (non-hydrogen) atoms. The first kappa shape index (κ1) is 19.9. The number of benzene rings is 3. The van der Waals surface area contributed by atoms with E-state index in [9.17, 15) is 9.59 Å². The number of rotatable bonds is 8. The molecular weight excluding hydrogens is 370 g/mol. The summed E-state index contributed by atoms with van der Waals surface area (Å²) >= 11 is 0. The average Bonchev–Trinajstić information content (AvgIpc) is 2.78. The second-order valence-electron chi connectivity index (χ2n) is 6.06. The molecule has 3 aromatic rings. The highest BCUT2D eigenvalue weighted by molar-refractivity contribution is 6.01. The van der Waals surface area contributed by atoms with Crippen LogP contribution < -0.4 is 19.1 Å². The predicted molar refractivity (Wildman–Crippen MR) is 110 cm³/mol. The van der Waals surface area contributed by atoms with E-state index in [0.717, 1.165) is 11.4 Å². The molecule has 0 unspecified atom stereocenters. The van der Waals surface area contributed by atoms with Gasteiger partial charge in [0, 0.05) is 16.9 Å². The zero-order chi connectivity index (χ0) is 20.6. The third kappa shape index (κ3) is 4.55. The van der Waals surface area contributed by atoms with E-state index < -0.39 is 0 Å². The number of anilines is 2. The molecule has 3 aromatic carbocycles. The molecule has 0 aliphatic carbocycles. The first-order chi connectivity index (χ1) is 14.2. The van der Waals surface area contributed by atoms with Crippen LogP contribution in [0.4, 0.5) is 11.4 Å². The van der Waals surface area contributed by atoms with E-state index in [-0.39, 0.29) is 18.3 Å². The minimum atomic E-state index is -0.272. The molecule has 6 nitrogen and oxygen atoms in total. The Morgan fingerprint density at radius 2 is 1.34 bits per heavy atom. The lowest BCUT2D eigenvalue weighted by atomic mass is 10.2. The van der Waals surface area contributed by atoms with Gasteiger partial charge in [0.05, 0.1) is 14.2 Å². The van der Waals surface area contributed by atoms with E-state index >= 15 is 0 Å². The number of hydrogen-bond acceptors (Lipinski definition) is 5. The van der Waals surface area contributed by atoms with Crippen molar-refractivity contribution in [1.29, 1.82) is 0 Å². The lowest BCUT2D eigenvalue weighted by Gasteiger charge is -2.23. The average molecular weight is 391 g/mol. The largest absolute Gasteiger partial charge is 0.493 e. The molecule has 0 saturated heterocycles. The third-order valence-electron chi connectivity index (χ3n) is 4.24. The molecule has 0 heterocycles. The third-order valence-corrected chi connectivity index (χ3v) is 4.24. The first-order valence-corrected chi connectivity index (χ1v) is 8.95. The van der Waals surface area contributed by atoms with Crippen molar-refractivity contribution in [2.45, 2.75) is 0 Å². The molecule has 6 heteroatoms. The Labute approximate surface area is 169 Å². The fraction of sp³-hybridized carbons (Fsp3) is 0.130. The number of aldehydes is 1. The molecule has 0 spiro atoms. The lowest BCUT2D eigenvalue weighted by molar-refractivity contribution is -0.119. The Kier molecular flexibility index (Phi) is 6.47. The van der Waals surface area contributed by atoms with Gasteiger partial charge in [-0.1, -0.05) is 36.4 Å². The van der Waals surface area contributed by atoms with Gasteiger partial charge in [0.2, 0.25) is 5.75 Å². The fourth-order valence-electron chi connectivity index (χ4n) is 2.90. The van der Waals surface area contributed by atoms with Crippen LogP contribution in [0.2, 0.25) is 0 Å². The van der Waals surface area contributed by atoms with Crippen LogP contribution in [-0.2, 0) is 4.79 Å². The van der Waals surface area contributed by atoms with Crippen LogP contribution in [0.15, 0.2) is 72.8 Å². The number of methoxy groups -OCH3 is 2. The van der Waals surface area contributed by atoms with E-state index in [1.165, 1.54) is 26.4 Å². The highest BCUT2D eigenvalue weighted by Crippen LogP contribution is 2.38. The van der Waals surface area contributed by atoms with Gasteiger partial charge < -0.3 is 14.2 Å². The molecular formula is C23H21NO5. The molecule has 148 valence electrons. The Hall–Kier alpha value is -3.80. The Morgan fingerprint density at radius 3 is 1.76 bits per heavy atom. The van der Waals surface area contributed by atoms with Crippen molar-refractivity contribution in [3.05, 3.63) is 78.4 Å². The summed E-state index contributed by atoms with van der Waals surface area (Å²) in [7, 11) is 2.91. The number of amides is 1. The van der Waals surface area contributed by atoms with Crippen LogP contribution in [0, 0.1) is 0 Å². The predicted octanol–water partition coefficient (Wildman–Crippen LogP) is 4.26. The second-order valence-corrected chi connectivity index (χ2v) is 6.06. The molecule has 3 rings (SSSR count). The van der Waals surface area contributed by atoms with Crippen molar-refractivity contribution < 1.29 is 23.8 Å². The quantitative estimate of drug-likeness (QED) is 0.537. The van der Waals surface area contributed by atoms with Crippen molar-refractivity contribution >= 4 is 23.6 Å². The highest BCUT2D eigenvalue weighted by atomic mass is 16.5. The van der Waals surface area contributed by atoms with Gasteiger partial charge in [0.15, 0.2) is 18.1 Å². The smallest absolute Gasteiger partial charge is 0.269 e. The summed E-state index contributed by atoms with van der Waals surface area (Å²) in [4.78, 5) is 25.8. The van der Waals surface area contributed by atoms with Crippen LogP contribution in [0.1, 0.15) is 10.4 Å². The number of hydrogen-bond donors (Lipinski definition) is 0. The number of carbonyl (C=O) groups excluding carboxylic acids is 2. The Bertz CT molecular complexity index is 909. The monoisotopic (exact) mass is 391 g/mol. The maximum atomic E-state index is 13.1. The Morgan fingerprint density at radius 1 is 0.862 bits per heavy atom. The normalized spacial score (nSPS) is 10.1. The molecule has 0 fully saturated rings. The van der Waals surface area contributed by atoms with Crippen LogP contribution in [0.5, 0.6) is 17.2 Å².